The SMILES string of the molecule is CCC(C)N1CCN(C(=O)CN2CCN(c3cccc(C)c3)C(C)C2)CC1. The molecule has 5 heteroatoms. The Morgan fingerprint density at radius 2 is 1.89 bits per heavy atom. The van der Waals surface area contributed by atoms with E-state index in [0.717, 1.165) is 45.8 Å². The molecule has 1 amide bonds. The minimum absolute atomic E-state index is 0.301. The van der Waals surface area contributed by atoms with Crippen LogP contribution in [0.15, 0.2) is 24.3 Å². The molecule has 0 aliphatic carbocycles. The van der Waals surface area contributed by atoms with Crippen LogP contribution < -0.4 is 4.90 Å². The first-order valence-electron chi connectivity index (χ1n) is 10.6. The highest BCUT2D eigenvalue weighted by Gasteiger charge is 2.28. The van der Waals surface area contributed by atoms with E-state index in [2.05, 4.69) is 71.6 Å². The van der Waals surface area contributed by atoms with Crippen LogP contribution in [-0.2, 0) is 4.79 Å². The smallest absolute Gasteiger partial charge is 0.236 e. The van der Waals surface area contributed by atoms with E-state index in [-0.39, 0.29) is 0 Å². The number of carbonyl (C=O) groups excluding carboxylic acids is 1. The molecule has 150 valence electrons. The number of benzene rings is 1. The lowest BCUT2D eigenvalue weighted by Gasteiger charge is -2.42. The number of nitrogens with zero attached hydrogens (tertiary/aromatic N) is 4. The number of rotatable bonds is 5. The van der Waals surface area contributed by atoms with Gasteiger partial charge in [0.25, 0.3) is 0 Å². The first-order chi connectivity index (χ1) is 13.0. The first-order valence-corrected chi connectivity index (χ1v) is 10.6. The minimum Gasteiger partial charge on any atom is -0.366 e. The van der Waals surface area contributed by atoms with Crippen molar-refractivity contribution < 1.29 is 4.79 Å². The standard InChI is InChI=1S/C22H36N4O/c1-5-19(3)24-10-12-25(13-11-24)22(27)17-23-9-14-26(20(4)16-23)21-8-6-7-18(2)15-21/h6-8,15,19-20H,5,9-14,16-17H2,1-4H3. The Hall–Kier alpha value is -1.59. The maximum Gasteiger partial charge on any atom is 0.236 e. The summed E-state index contributed by atoms with van der Waals surface area (Å²) >= 11 is 0. The fourth-order valence-corrected chi connectivity index (χ4v) is 4.33. The molecular weight excluding hydrogens is 336 g/mol. The molecule has 2 fully saturated rings. The van der Waals surface area contributed by atoms with Crippen molar-refractivity contribution in [1.82, 2.24) is 14.7 Å². The topological polar surface area (TPSA) is 30.0 Å². The average molecular weight is 373 g/mol. The minimum atomic E-state index is 0.301. The largest absolute Gasteiger partial charge is 0.366 e. The molecular formula is C22H36N4O. The molecule has 0 N–H and O–H groups in total. The highest BCUT2D eigenvalue weighted by Crippen LogP contribution is 2.21. The summed E-state index contributed by atoms with van der Waals surface area (Å²) in [6.45, 7) is 16.2. The van der Waals surface area contributed by atoms with E-state index in [1.807, 2.05) is 0 Å². The van der Waals surface area contributed by atoms with Crippen molar-refractivity contribution in [2.45, 2.75) is 46.2 Å². The third-order valence-corrected chi connectivity index (χ3v) is 6.28. The van der Waals surface area contributed by atoms with Crippen molar-refractivity contribution in [3.05, 3.63) is 29.8 Å². The van der Waals surface area contributed by atoms with Crippen molar-refractivity contribution in [3.8, 4) is 0 Å². The van der Waals surface area contributed by atoms with E-state index >= 15 is 0 Å². The molecule has 1 aromatic rings. The van der Waals surface area contributed by atoms with Crippen LogP contribution in [0.2, 0.25) is 0 Å². The number of aryl methyl sites for hydroxylation is 1. The van der Waals surface area contributed by atoms with Crippen molar-refractivity contribution in [2.24, 2.45) is 0 Å². The summed E-state index contributed by atoms with van der Waals surface area (Å²) < 4.78 is 0. The molecule has 1 aromatic carbocycles. The summed E-state index contributed by atoms with van der Waals surface area (Å²) in [6.07, 6.45) is 1.18. The maximum atomic E-state index is 12.8. The van der Waals surface area contributed by atoms with Gasteiger partial charge in [0.1, 0.15) is 0 Å². The monoisotopic (exact) mass is 372 g/mol. The van der Waals surface area contributed by atoms with Gasteiger partial charge in [-0.25, -0.2) is 0 Å². The van der Waals surface area contributed by atoms with Crippen LogP contribution in [0.1, 0.15) is 32.8 Å². The third kappa shape index (κ3) is 5.02. The van der Waals surface area contributed by atoms with E-state index in [1.165, 1.54) is 17.7 Å². The quantitative estimate of drug-likeness (QED) is 0.794. The van der Waals surface area contributed by atoms with Crippen molar-refractivity contribution >= 4 is 11.6 Å². The lowest BCUT2D eigenvalue weighted by Crippen LogP contribution is -2.56. The summed E-state index contributed by atoms with van der Waals surface area (Å²) in [5.74, 6) is 0.301. The zero-order chi connectivity index (χ0) is 19.4. The molecule has 3 rings (SSSR count). The Labute approximate surface area is 164 Å². The molecule has 0 bridgehead atoms. The number of hydrogen-bond acceptors (Lipinski definition) is 4. The molecule has 2 saturated heterocycles. The Bertz CT molecular complexity index is 626. The molecule has 0 spiro atoms. The van der Waals surface area contributed by atoms with Gasteiger partial charge in [0.15, 0.2) is 0 Å². The van der Waals surface area contributed by atoms with Crippen molar-refractivity contribution in [2.75, 3.05) is 57.3 Å². The molecule has 2 unspecified atom stereocenters. The van der Waals surface area contributed by atoms with Crippen LogP contribution >= 0.6 is 0 Å². The van der Waals surface area contributed by atoms with E-state index in [9.17, 15) is 4.79 Å². The molecule has 0 saturated carbocycles. The van der Waals surface area contributed by atoms with Crippen LogP contribution in [0.25, 0.3) is 0 Å². The Kier molecular flexibility index (Phi) is 6.77. The number of anilines is 1. The summed E-state index contributed by atoms with van der Waals surface area (Å²) in [6, 6.07) is 9.78. The van der Waals surface area contributed by atoms with Gasteiger partial charge in [0.2, 0.25) is 5.91 Å². The highest BCUT2D eigenvalue weighted by molar-refractivity contribution is 5.78. The van der Waals surface area contributed by atoms with E-state index in [0.29, 0.717) is 24.5 Å². The van der Waals surface area contributed by atoms with Crippen molar-refractivity contribution in [1.29, 1.82) is 0 Å². The summed E-state index contributed by atoms with van der Waals surface area (Å²) in [5, 5.41) is 0. The van der Waals surface area contributed by atoms with E-state index < -0.39 is 0 Å². The third-order valence-electron chi connectivity index (χ3n) is 6.28. The number of hydrogen-bond donors (Lipinski definition) is 0. The van der Waals surface area contributed by atoms with Gasteiger partial charge < -0.3 is 9.80 Å². The molecule has 2 heterocycles. The zero-order valence-electron chi connectivity index (χ0n) is 17.5. The Balaban J connectivity index is 1.48. The highest BCUT2D eigenvalue weighted by atomic mass is 16.2. The lowest BCUT2D eigenvalue weighted by atomic mass is 10.1. The predicted molar refractivity (Wildman–Crippen MR) is 112 cm³/mol. The van der Waals surface area contributed by atoms with Gasteiger partial charge in [-0.2, -0.15) is 0 Å². The van der Waals surface area contributed by atoms with Gasteiger partial charge in [-0.1, -0.05) is 19.1 Å². The van der Waals surface area contributed by atoms with Gasteiger partial charge in [0, 0.05) is 63.6 Å². The van der Waals surface area contributed by atoms with E-state index in [4.69, 9.17) is 0 Å². The second kappa shape index (κ2) is 9.07. The Morgan fingerprint density at radius 3 is 2.52 bits per heavy atom. The van der Waals surface area contributed by atoms with E-state index in [1.54, 1.807) is 0 Å². The molecule has 2 atom stereocenters. The number of piperazine rings is 2. The van der Waals surface area contributed by atoms with Crippen molar-refractivity contribution in [3.63, 3.8) is 0 Å². The normalized spacial score (nSPS) is 23.5. The second-order valence-corrected chi connectivity index (χ2v) is 8.29. The Morgan fingerprint density at radius 1 is 1.15 bits per heavy atom. The molecule has 0 radical (unpaired) electrons. The number of amides is 1. The number of carbonyl (C=O) groups is 1. The van der Waals surface area contributed by atoms with Gasteiger partial charge in [-0.15, -0.1) is 0 Å². The second-order valence-electron chi connectivity index (χ2n) is 8.29. The predicted octanol–water partition coefficient (Wildman–Crippen LogP) is 2.45. The lowest BCUT2D eigenvalue weighted by molar-refractivity contribution is -0.134. The molecule has 27 heavy (non-hydrogen) atoms. The van der Waals surface area contributed by atoms with Gasteiger partial charge in [-0.3, -0.25) is 14.6 Å². The van der Waals surface area contributed by atoms with Crippen LogP contribution in [-0.4, -0.2) is 85.0 Å². The van der Waals surface area contributed by atoms with Gasteiger partial charge in [-0.05, 0) is 44.9 Å². The fourth-order valence-electron chi connectivity index (χ4n) is 4.33. The summed E-state index contributed by atoms with van der Waals surface area (Å²) in [5.41, 5.74) is 2.60. The first kappa shape index (κ1) is 20.2. The van der Waals surface area contributed by atoms with Gasteiger partial charge in [0.05, 0.1) is 6.54 Å². The average Bonchev–Trinajstić information content (AvgIpc) is 2.67. The zero-order valence-corrected chi connectivity index (χ0v) is 17.5. The molecule has 2 aliphatic heterocycles. The van der Waals surface area contributed by atoms with Gasteiger partial charge >= 0.3 is 0 Å². The summed E-state index contributed by atoms with van der Waals surface area (Å²) in [4.78, 5) is 22.1. The van der Waals surface area contributed by atoms with Crippen LogP contribution in [0.3, 0.4) is 0 Å². The maximum absolute atomic E-state index is 12.8. The molecule has 0 aromatic heterocycles. The van der Waals surface area contributed by atoms with Crippen LogP contribution in [0.5, 0.6) is 0 Å². The molecule has 2 aliphatic rings. The summed E-state index contributed by atoms with van der Waals surface area (Å²) in [7, 11) is 0. The molecule has 5 nitrogen and oxygen atoms in total. The fraction of sp³-hybridized carbons (Fsp3) is 0.682. The van der Waals surface area contributed by atoms with Crippen LogP contribution in [0.4, 0.5) is 5.69 Å². The van der Waals surface area contributed by atoms with Crippen LogP contribution in [0, 0.1) is 6.92 Å².